The fourth-order valence-corrected chi connectivity index (χ4v) is 4.47. The molecule has 2 aliphatic rings. The number of amides is 1. The van der Waals surface area contributed by atoms with Gasteiger partial charge in [-0.1, -0.05) is 19.3 Å². The molecule has 0 aromatic carbocycles. The predicted octanol–water partition coefficient (Wildman–Crippen LogP) is 2.57. The minimum absolute atomic E-state index is 0.00865. The fourth-order valence-electron chi connectivity index (χ4n) is 3.92. The molecule has 1 saturated heterocycles. The SMILES string of the molecule is CSc1ncccc1C(=O)NCC1(N2CCOCC2)CCCCC1. The number of aromatic nitrogens is 1. The van der Waals surface area contributed by atoms with Gasteiger partial charge in [0, 0.05) is 31.4 Å². The van der Waals surface area contributed by atoms with Crippen LogP contribution in [0.4, 0.5) is 0 Å². The second-order valence-electron chi connectivity index (χ2n) is 6.63. The van der Waals surface area contributed by atoms with Gasteiger partial charge in [-0.15, -0.1) is 11.8 Å². The molecule has 0 radical (unpaired) electrons. The summed E-state index contributed by atoms with van der Waals surface area (Å²) in [6.07, 6.45) is 9.81. The highest BCUT2D eigenvalue weighted by atomic mass is 32.2. The van der Waals surface area contributed by atoms with Gasteiger partial charge in [-0.3, -0.25) is 9.69 Å². The van der Waals surface area contributed by atoms with Crippen LogP contribution < -0.4 is 5.32 Å². The topological polar surface area (TPSA) is 54.5 Å². The van der Waals surface area contributed by atoms with Gasteiger partial charge in [0.1, 0.15) is 5.03 Å². The molecule has 1 amide bonds. The van der Waals surface area contributed by atoms with Gasteiger partial charge in [-0.2, -0.15) is 0 Å². The van der Waals surface area contributed by atoms with Crippen molar-refractivity contribution in [1.82, 2.24) is 15.2 Å². The van der Waals surface area contributed by atoms with E-state index in [4.69, 9.17) is 4.74 Å². The average Bonchev–Trinajstić information content (AvgIpc) is 2.67. The number of pyridine rings is 1. The Labute approximate surface area is 148 Å². The first-order valence-electron chi connectivity index (χ1n) is 8.85. The highest BCUT2D eigenvalue weighted by molar-refractivity contribution is 7.98. The maximum absolute atomic E-state index is 12.7. The number of hydrogen-bond acceptors (Lipinski definition) is 5. The number of morpholine rings is 1. The number of thioether (sulfide) groups is 1. The van der Waals surface area contributed by atoms with Crippen molar-refractivity contribution < 1.29 is 9.53 Å². The Balaban J connectivity index is 1.70. The highest BCUT2D eigenvalue weighted by Gasteiger charge is 2.38. The number of nitrogens with zero attached hydrogens (tertiary/aromatic N) is 2. The summed E-state index contributed by atoms with van der Waals surface area (Å²) in [5.74, 6) is -0.00865. The van der Waals surface area contributed by atoms with Crippen LogP contribution in [0.3, 0.4) is 0 Å². The summed E-state index contributed by atoms with van der Waals surface area (Å²) in [7, 11) is 0. The zero-order chi connectivity index (χ0) is 16.8. The molecular formula is C18H27N3O2S. The van der Waals surface area contributed by atoms with Crippen LogP contribution in [0.5, 0.6) is 0 Å². The molecule has 6 heteroatoms. The van der Waals surface area contributed by atoms with E-state index in [1.807, 2.05) is 18.4 Å². The van der Waals surface area contributed by atoms with E-state index in [2.05, 4.69) is 15.2 Å². The summed E-state index contributed by atoms with van der Waals surface area (Å²) >= 11 is 1.51. The van der Waals surface area contributed by atoms with Crippen LogP contribution in [0.15, 0.2) is 23.4 Å². The Bertz CT molecular complexity index is 555. The molecule has 0 unspecified atom stereocenters. The van der Waals surface area contributed by atoms with E-state index in [1.54, 1.807) is 6.20 Å². The third-order valence-corrected chi connectivity index (χ3v) is 5.97. The fraction of sp³-hybridized carbons (Fsp3) is 0.667. The van der Waals surface area contributed by atoms with E-state index in [0.717, 1.165) is 44.2 Å². The van der Waals surface area contributed by atoms with Gasteiger partial charge in [0.25, 0.3) is 5.91 Å². The molecule has 1 aliphatic carbocycles. The molecule has 132 valence electrons. The largest absolute Gasteiger partial charge is 0.379 e. The van der Waals surface area contributed by atoms with Gasteiger partial charge < -0.3 is 10.1 Å². The zero-order valence-electron chi connectivity index (χ0n) is 14.4. The summed E-state index contributed by atoms with van der Waals surface area (Å²) in [5.41, 5.74) is 0.775. The third kappa shape index (κ3) is 3.92. The summed E-state index contributed by atoms with van der Waals surface area (Å²) in [4.78, 5) is 19.5. The van der Waals surface area contributed by atoms with E-state index >= 15 is 0 Å². The lowest BCUT2D eigenvalue weighted by Gasteiger charge is -2.48. The standard InChI is InChI=1S/C18H27N3O2S/c1-24-17-15(6-5-9-19-17)16(22)20-14-18(7-3-2-4-8-18)21-10-12-23-13-11-21/h5-6,9H,2-4,7-8,10-14H2,1H3,(H,20,22). The lowest BCUT2D eigenvalue weighted by atomic mass is 9.79. The van der Waals surface area contributed by atoms with Crippen LogP contribution in [0, 0.1) is 0 Å². The zero-order valence-corrected chi connectivity index (χ0v) is 15.2. The van der Waals surface area contributed by atoms with Gasteiger partial charge in [0.15, 0.2) is 0 Å². The molecule has 1 N–H and O–H groups in total. The summed E-state index contributed by atoms with van der Waals surface area (Å²) < 4.78 is 5.52. The first kappa shape index (κ1) is 17.7. The Kier molecular flexibility index (Phi) is 6.14. The minimum Gasteiger partial charge on any atom is -0.379 e. The molecule has 1 saturated carbocycles. The molecule has 1 aliphatic heterocycles. The Hall–Kier alpha value is -1.11. The van der Waals surface area contributed by atoms with E-state index in [-0.39, 0.29) is 11.4 Å². The second-order valence-corrected chi connectivity index (χ2v) is 7.42. The quantitative estimate of drug-likeness (QED) is 0.828. The van der Waals surface area contributed by atoms with Gasteiger partial charge in [-0.05, 0) is 31.2 Å². The molecule has 3 rings (SSSR count). The monoisotopic (exact) mass is 349 g/mol. The number of carbonyl (C=O) groups excluding carboxylic acids is 1. The Morgan fingerprint density at radius 2 is 2.08 bits per heavy atom. The summed E-state index contributed by atoms with van der Waals surface area (Å²) in [6.45, 7) is 4.26. The van der Waals surface area contributed by atoms with Crippen molar-refractivity contribution in [3.8, 4) is 0 Å². The van der Waals surface area contributed by atoms with Crippen LogP contribution in [0.2, 0.25) is 0 Å². The number of carbonyl (C=O) groups is 1. The van der Waals surface area contributed by atoms with Crippen molar-refractivity contribution in [1.29, 1.82) is 0 Å². The molecule has 1 aromatic rings. The minimum atomic E-state index is -0.00865. The maximum atomic E-state index is 12.7. The molecule has 0 bridgehead atoms. The predicted molar refractivity (Wildman–Crippen MR) is 96.6 cm³/mol. The molecule has 2 fully saturated rings. The van der Waals surface area contributed by atoms with Crippen LogP contribution in [-0.2, 0) is 4.74 Å². The number of nitrogens with one attached hydrogen (secondary N) is 1. The van der Waals surface area contributed by atoms with Crippen molar-refractivity contribution in [2.24, 2.45) is 0 Å². The summed E-state index contributed by atoms with van der Waals surface area (Å²) in [6, 6.07) is 3.68. The molecule has 24 heavy (non-hydrogen) atoms. The van der Waals surface area contributed by atoms with Gasteiger partial charge in [-0.25, -0.2) is 4.98 Å². The van der Waals surface area contributed by atoms with Crippen LogP contribution in [-0.4, -0.2) is 60.4 Å². The number of rotatable bonds is 5. The van der Waals surface area contributed by atoms with E-state index in [9.17, 15) is 4.79 Å². The van der Waals surface area contributed by atoms with Gasteiger partial charge in [0.2, 0.25) is 0 Å². The average molecular weight is 350 g/mol. The van der Waals surface area contributed by atoms with Crippen molar-refractivity contribution in [3.63, 3.8) is 0 Å². The van der Waals surface area contributed by atoms with E-state index in [1.165, 1.54) is 31.0 Å². The molecule has 0 atom stereocenters. The molecular weight excluding hydrogens is 322 g/mol. The van der Waals surface area contributed by atoms with Gasteiger partial charge in [0.05, 0.1) is 18.8 Å². The lowest BCUT2D eigenvalue weighted by Crippen LogP contribution is -2.59. The maximum Gasteiger partial charge on any atom is 0.254 e. The van der Waals surface area contributed by atoms with Crippen LogP contribution in [0.1, 0.15) is 42.5 Å². The van der Waals surface area contributed by atoms with Crippen molar-refractivity contribution in [2.45, 2.75) is 42.7 Å². The number of ether oxygens (including phenoxy) is 1. The van der Waals surface area contributed by atoms with Crippen molar-refractivity contribution in [2.75, 3.05) is 39.1 Å². The number of hydrogen-bond donors (Lipinski definition) is 1. The lowest BCUT2D eigenvalue weighted by molar-refractivity contribution is -0.0361. The second kappa shape index (κ2) is 8.32. The van der Waals surface area contributed by atoms with Crippen LogP contribution >= 0.6 is 11.8 Å². The molecule has 1 aromatic heterocycles. The highest BCUT2D eigenvalue weighted by Crippen LogP contribution is 2.34. The van der Waals surface area contributed by atoms with Crippen molar-refractivity contribution in [3.05, 3.63) is 23.9 Å². The first-order chi connectivity index (χ1) is 11.7. The molecule has 5 nitrogen and oxygen atoms in total. The van der Waals surface area contributed by atoms with Crippen molar-refractivity contribution >= 4 is 17.7 Å². The first-order valence-corrected chi connectivity index (χ1v) is 10.1. The van der Waals surface area contributed by atoms with E-state index < -0.39 is 0 Å². The molecule has 0 spiro atoms. The van der Waals surface area contributed by atoms with E-state index in [0.29, 0.717) is 12.1 Å². The van der Waals surface area contributed by atoms with Gasteiger partial charge >= 0.3 is 0 Å². The van der Waals surface area contributed by atoms with Crippen LogP contribution in [0.25, 0.3) is 0 Å². The molecule has 2 heterocycles. The Morgan fingerprint density at radius 3 is 2.79 bits per heavy atom. The smallest absolute Gasteiger partial charge is 0.254 e. The Morgan fingerprint density at radius 1 is 1.33 bits per heavy atom. The summed E-state index contributed by atoms with van der Waals surface area (Å²) in [5, 5.41) is 4.00. The normalized spacial score (nSPS) is 21.4. The third-order valence-electron chi connectivity index (χ3n) is 5.25.